The first-order valence-electron chi connectivity index (χ1n) is 8.08. The molecule has 0 saturated carbocycles. The van der Waals surface area contributed by atoms with Crippen molar-refractivity contribution in [2.24, 2.45) is 5.92 Å². The number of benzene rings is 1. The van der Waals surface area contributed by atoms with E-state index in [9.17, 15) is 9.59 Å². The molecule has 1 aromatic rings. The van der Waals surface area contributed by atoms with Crippen LogP contribution in [-0.2, 0) is 4.79 Å². The predicted octanol–water partition coefficient (Wildman–Crippen LogP) is 3.22. The minimum absolute atomic E-state index is 0.0160. The molecule has 1 aliphatic carbocycles. The summed E-state index contributed by atoms with van der Waals surface area (Å²) in [5.74, 6) is 0.434. The van der Waals surface area contributed by atoms with Gasteiger partial charge in [0, 0.05) is 30.8 Å². The SMILES string of the molecule is O=C(CC1C=CCC1)Nc1cccc(C(=O)N2CCCC2)c1. The van der Waals surface area contributed by atoms with Gasteiger partial charge in [-0.25, -0.2) is 0 Å². The molecule has 2 amide bonds. The van der Waals surface area contributed by atoms with Crippen molar-refractivity contribution in [3.05, 3.63) is 42.0 Å². The number of nitrogens with one attached hydrogen (secondary N) is 1. The molecule has 0 spiro atoms. The van der Waals surface area contributed by atoms with Gasteiger partial charge in [-0.2, -0.15) is 0 Å². The number of hydrogen-bond acceptors (Lipinski definition) is 2. The molecule has 3 rings (SSSR count). The highest BCUT2D eigenvalue weighted by Crippen LogP contribution is 2.21. The molecule has 1 unspecified atom stereocenters. The topological polar surface area (TPSA) is 49.4 Å². The predicted molar refractivity (Wildman–Crippen MR) is 86.7 cm³/mol. The van der Waals surface area contributed by atoms with Crippen LogP contribution in [0.3, 0.4) is 0 Å². The minimum Gasteiger partial charge on any atom is -0.339 e. The molecule has 1 aromatic carbocycles. The van der Waals surface area contributed by atoms with Gasteiger partial charge in [0.2, 0.25) is 5.91 Å². The molecule has 1 atom stereocenters. The van der Waals surface area contributed by atoms with E-state index in [-0.39, 0.29) is 11.8 Å². The van der Waals surface area contributed by atoms with Gasteiger partial charge in [0.05, 0.1) is 0 Å². The number of amides is 2. The van der Waals surface area contributed by atoms with Crippen LogP contribution in [-0.4, -0.2) is 29.8 Å². The second-order valence-corrected chi connectivity index (χ2v) is 6.10. The van der Waals surface area contributed by atoms with E-state index in [1.54, 1.807) is 6.07 Å². The number of carbonyl (C=O) groups excluding carboxylic acids is 2. The van der Waals surface area contributed by atoms with E-state index in [0.717, 1.165) is 38.8 Å². The molecule has 0 aromatic heterocycles. The van der Waals surface area contributed by atoms with Crippen LogP contribution in [0.25, 0.3) is 0 Å². The number of anilines is 1. The summed E-state index contributed by atoms with van der Waals surface area (Å²) in [7, 11) is 0. The lowest BCUT2D eigenvalue weighted by atomic mass is 10.0. The van der Waals surface area contributed by atoms with Crippen molar-refractivity contribution >= 4 is 17.5 Å². The highest BCUT2D eigenvalue weighted by molar-refractivity contribution is 5.97. The quantitative estimate of drug-likeness (QED) is 0.868. The van der Waals surface area contributed by atoms with Gasteiger partial charge in [0.1, 0.15) is 0 Å². The fourth-order valence-corrected chi connectivity index (χ4v) is 3.15. The Morgan fingerprint density at radius 2 is 2.05 bits per heavy atom. The van der Waals surface area contributed by atoms with Crippen LogP contribution < -0.4 is 5.32 Å². The maximum Gasteiger partial charge on any atom is 0.253 e. The summed E-state index contributed by atoms with van der Waals surface area (Å²) < 4.78 is 0. The summed E-state index contributed by atoms with van der Waals surface area (Å²) >= 11 is 0. The Labute approximate surface area is 131 Å². The summed E-state index contributed by atoms with van der Waals surface area (Å²) in [5.41, 5.74) is 1.36. The number of nitrogens with zero attached hydrogens (tertiary/aromatic N) is 1. The second-order valence-electron chi connectivity index (χ2n) is 6.10. The average Bonchev–Trinajstić information content (AvgIpc) is 3.19. The van der Waals surface area contributed by atoms with Crippen molar-refractivity contribution in [3.63, 3.8) is 0 Å². The van der Waals surface area contributed by atoms with Crippen LogP contribution in [0.4, 0.5) is 5.69 Å². The largest absolute Gasteiger partial charge is 0.339 e. The van der Waals surface area contributed by atoms with E-state index in [1.807, 2.05) is 23.1 Å². The molecule has 4 heteroatoms. The molecular weight excluding hydrogens is 276 g/mol. The van der Waals surface area contributed by atoms with Gasteiger partial charge < -0.3 is 10.2 Å². The summed E-state index contributed by atoms with van der Waals surface area (Å²) in [6, 6.07) is 7.26. The molecule has 1 heterocycles. The number of hydrogen-bond donors (Lipinski definition) is 1. The molecule has 1 fully saturated rings. The molecule has 1 N–H and O–H groups in total. The third kappa shape index (κ3) is 3.56. The summed E-state index contributed by atoms with van der Waals surface area (Å²) in [6.07, 6.45) is 9.05. The standard InChI is InChI=1S/C18H22N2O2/c21-17(12-14-6-1-2-7-14)19-16-9-5-8-15(13-16)18(22)20-10-3-4-11-20/h1,5-6,8-9,13-14H,2-4,7,10-12H2,(H,19,21). The first-order valence-corrected chi connectivity index (χ1v) is 8.08. The van der Waals surface area contributed by atoms with E-state index in [1.165, 1.54) is 0 Å². The van der Waals surface area contributed by atoms with Gasteiger partial charge in [-0.1, -0.05) is 18.2 Å². The summed E-state index contributed by atoms with van der Waals surface area (Å²) in [5, 5.41) is 2.91. The molecule has 0 radical (unpaired) electrons. The fourth-order valence-electron chi connectivity index (χ4n) is 3.15. The first kappa shape index (κ1) is 14.8. The van der Waals surface area contributed by atoms with Gasteiger partial charge in [-0.3, -0.25) is 9.59 Å². The van der Waals surface area contributed by atoms with Crippen LogP contribution >= 0.6 is 0 Å². The smallest absolute Gasteiger partial charge is 0.253 e. The van der Waals surface area contributed by atoms with Gasteiger partial charge in [0.15, 0.2) is 0 Å². The molecule has 4 nitrogen and oxygen atoms in total. The number of allylic oxidation sites excluding steroid dienone is 2. The summed E-state index contributed by atoms with van der Waals surface area (Å²) in [6.45, 7) is 1.67. The first-order chi connectivity index (χ1) is 10.7. The Kier molecular flexibility index (Phi) is 4.56. The van der Waals surface area contributed by atoms with Crippen LogP contribution in [0.2, 0.25) is 0 Å². The van der Waals surface area contributed by atoms with E-state index < -0.39 is 0 Å². The Bertz CT molecular complexity index is 589. The monoisotopic (exact) mass is 298 g/mol. The zero-order chi connectivity index (χ0) is 15.4. The van der Waals surface area contributed by atoms with Crippen LogP contribution in [0, 0.1) is 5.92 Å². The molecule has 1 saturated heterocycles. The third-order valence-electron chi connectivity index (χ3n) is 4.35. The Hall–Kier alpha value is -2.10. The third-order valence-corrected chi connectivity index (χ3v) is 4.35. The number of carbonyl (C=O) groups is 2. The Morgan fingerprint density at radius 1 is 1.23 bits per heavy atom. The van der Waals surface area contributed by atoms with Crippen LogP contribution in [0.1, 0.15) is 42.5 Å². The Balaban J connectivity index is 1.61. The van der Waals surface area contributed by atoms with Gasteiger partial charge in [-0.05, 0) is 49.8 Å². The summed E-state index contributed by atoms with van der Waals surface area (Å²) in [4.78, 5) is 26.3. The van der Waals surface area contributed by atoms with Crippen molar-refractivity contribution in [2.75, 3.05) is 18.4 Å². The van der Waals surface area contributed by atoms with Crippen molar-refractivity contribution in [1.82, 2.24) is 4.90 Å². The van der Waals surface area contributed by atoms with Crippen LogP contribution in [0.15, 0.2) is 36.4 Å². The van der Waals surface area contributed by atoms with Gasteiger partial charge >= 0.3 is 0 Å². The minimum atomic E-state index is 0.0160. The van der Waals surface area contributed by atoms with E-state index in [2.05, 4.69) is 17.5 Å². The highest BCUT2D eigenvalue weighted by Gasteiger charge is 2.20. The van der Waals surface area contributed by atoms with Crippen molar-refractivity contribution in [2.45, 2.75) is 32.1 Å². The zero-order valence-corrected chi connectivity index (χ0v) is 12.8. The lowest BCUT2D eigenvalue weighted by molar-refractivity contribution is -0.116. The lowest BCUT2D eigenvalue weighted by Gasteiger charge is -2.16. The maximum absolute atomic E-state index is 12.4. The van der Waals surface area contributed by atoms with E-state index in [4.69, 9.17) is 0 Å². The van der Waals surface area contributed by atoms with Crippen molar-refractivity contribution < 1.29 is 9.59 Å². The number of likely N-dealkylation sites (tertiary alicyclic amines) is 1. The van der Waals surface area contributed by atoms with E-state index >= 15 is 0 Å². The molecule has 22 heavy (non-hydrogen) atoms. The highest BCUT2D eigenvalue weighted by atomic mass is 16.2. The molecule has 0 bridgehead atoms. The van der Waals surface area contributed by atoms with Crippen LogP contribution in [0.5, 0.6) is 0 Å². The zero-order valence-electron chi connectivity index (χ0n) is 12.8. The van der Waals surface area contributed by atoms with Gasteiger partial charge in [-0.15, -0.1) is 0 Å². The Morgan fingerprint density at radius 3 is 2.77 bits per heavy atom. The average molecular weight is 298 g/mol. The van der Waals surface area contributed by atoms with Gasteiger partial charge in [0.25, 0.3) is 5.91 Å². The lowest BCUT2D eigenvalue weighted by Crippen LogP contribution is -2.27. The maximum atomic E-state index is 12.4. The normalized spacial score (nSPS) is 20.4. The van der Waals surface area contributed by atoms with Crippen molar-refractivity contribution in [1.29, 1.82) is 0 Å². The molecular formula is C18H22N2O2. The molecule has 2 aliphatic rings. The molecule has 116 valence electrons. The second kappa shape index (κ2) is 6.77. The van der Waals surface area contributed by atoms with Crippen molar-refractivity contribution in [3.8, 4) is 0 Å². The molecule has 1 aliphatic heterocycles. The fraction of sp³-hybridized carbons (Fsp3) is 0.444. The number of rotatable bonds is 4. The van der Waals surface area contributed by atoms with E-state index in [0.29, 0.717) is 23.6 Å².